The van der Waals surface area contributed by atoms with E-state index in [4.69, 9.17) is 4.74 Å². The lowest BCUT2D eigenvalue weighted by molar-refractivity contribution is -0.120. The molecule has 1 fully saturated rings. The number of carbonyl (C=O) groups excluding carboxylic acids is 1. The molecule has 194 valence electrons. The lowest BCUT2D eigenvalue weighted by Gasteiger charge is -2.14. The van der Waals surface area contributed by atoms with Gasteiger partial charge < -0.3 is 10.1 Å². The molecule has 3 nitrogen and oxygen atoms in total. The number of rotatable bonds is 8. The van der Waals surface area contributed by atoms with E-state index in [2.05, 4.69) is 66.2 Å². The van der Waals surface area contributed by atoms with Crippen molar-refractivity contribution < 1.29 is 13.9 Å². The highest BCUT2D eigenvalue weighted by atomic mass is 32.2. The first-order valence-corrected chi connectivity index (χ1v) is 14.2. The van der Waals surface area contributed by atoms with E-state index in [1.54, 1.807) is 17.8 Å². The van der Waals surface area contributed by atoms with Gasteiger partial charge in [-0.3, -0.25) is 4.79 Å². The van der Waals surface area contributed by atoms with Crippen LogP contribution in [0.15, 0.2) is 108 Å². The summed E-state index contributed by atoms with van der Waals surface area (Å²) in [6.45, 7) is 1.09. The zero-order valence-corrected chi connectivity index (χ0v) is 22.4. The molecular weight excluding hydrogens is 505 g/mol. The Hall–Kier alpha value is -3.93. The van der Waals surface area contributed by atoms with E-state index in [1.165, 1.54) is 17.0 Å². The van der Waals surface area contributed by atoms with E-state index in [1.807, 2.05) is 36.4 Å². The lowest BCUT2D eigenvalue weighted by Crippen LogP contribution is -2.22. The quantitative estimate of drug-likeness (QED) is 0.189. The Morgan fingerprint density at radius 2 is 1.67 bits per heavy atom. The number of carbonyl (C=O) groups is 1. The number of fused-ring (bicyclic) bond motifs is 1. The van der Waals surface area contributed by atoms with E-state index in [0.29, 0.717) is 13.2 Å². The van der Waals surface area contributed by atoms with Crippen molar-refractivity contribution >= 4 is 34.9 Å². The van der Waals surface area contributed by atoms with Crippen molar-refractivity contribution in [2.45, 2.75) is 23.5 Å². The third-order valence-corrected chi connectivity index (χ3v) is 8.08. The Labute approximate surface area is 232 Å². The van der Waals surface area contributed by atoms with Crippen molar-refractivity contribution in [3.05, 3.63) is 142 Å². The number of ether oxygens (including phenoxy) is 1. The summed E-state index contributed by atoms with van der Waals surface area (Å²) in [5, 5.41) is 3.03. The first-order valence-electron chi connectivity index (χ1n) is 13.0. The zero-order valence-electron chi connectivity index (χ0n) is 21.6. The normalized spacial score (nSPS) is 18.5. The van der Waals surface area contributed by atoms with Gasteiger partial charge in [-0.25, -0.2) is 4.39 Å². The summed E-state index contributed by atoms with van der Waals surface area (Å²) in [5.41, 5.74) is 7.50. The maximum Gasteiger partial charge on any atom is 0.224 e. The Bertz CT molecular complexity index is 1570. The third-order valence-electron chi connectivity index (χ3n) is 7.34. The number of epoxide rings is 1. The van der Waals surface area contributed by atoms with Crippen molar-refractivity contribution in [3.8, 4) is 0 Å². The molecule has 1 saturated heterocycles. The topological polar surface area (TPSA) is 41.6 Å². The standard InChI is InChI=1S/C34H28FNO2S/c1-39-30-14-9-23(10-15-30)17-25-18-26(32-20-29(35)13-16-31(25)32)19-33(37)36-21-24-7-11-28(12-8-24)34(22-38-34)27-5-3-2-4-6-27/h2-18,20H,19,21-22H2,1H3,(H,36,37)/b25-17+. The minimum atomic E-state index is -0.358. The number of hydrogen-bond acceptors (Lipinski definition) is 3. The minimum absolute atomic E-state index is 0.0996. The van der Waals surface area contributed by atoms with Crippen LogP contribution in [0, 0.1) is 5.82 Å². The predicted octanol–water partition coefficient (Wildman–Crippen LogP) is 7.47. The molecule has 6 rings (SSSR count). The van der Waals surface area contributed by atoms with Crippen LogP contribution in [0.5, 0.6) is 0 Å². The number of amides is 1. The first-order chi connectivity index (χ1) is 19.0. The number of allylic oxidation sites excluding steroid dienone is 2. The second-order valence-corrected chi connectivity index (χ2v) is 10.7. The van der Waals surface area contributed by atoms with Crippen LogP contribution >= 0.6 is 11.8 Å². The highest BCUT2D eigenvalue weighted by molar-refractivity contribution is 7.98. The number of halogens is 1. The van der Waals surface area contributed by atoms with Crippen molar-refractivity contribution in [2.24, 2.45) is 0 Å². The molecule has 4 aromatic rings. The summed E-state index contributed by atoms with van der Waals surface area (Å²) >= 11 is 1.70. The fourth-order valence-electron chi connectivity index (χ4n) is 5.13. The summed E-state index contributed by atoms with van der Waals surface area (Å²) in [5.74, 6) is -0.406. The average molecular weight is 534 g/mol. The molecule has 0 spiro atoms. The van der Waals surface area contributed by atoms with Gasteiger partial charge in [0.2, 0.25) is 5.91 Å². The molecular formula is C34H28FNO2S. The molecule has 1 aliphatic carbocycles. The molecule has 0 bridgehead atoms. The fraction of sp³-hybridized carbons (Fsp3) is 0.147. The van der Waals surface area contributed by atoms with Crippen LogP contribution in [0.2, 0.25) is 0 Å². The average Bonchev–Trinajstić information content (AvgIpc) is 3.72. The van der Waals surface area contributed by atoms with Crippen LogP contribution in [0.1, 0.15) is 39.8 Å². The lowest BCUT2D eigenvalue weighted by atomic mass is 9.91. The van der Waals surface area contributed by atoms with Gasteiger partial charge in [-0.1, -0.05) is 72.8 Å². The minimum Gasteiger partial charge on any atom is -0.359 e. The molecule has 4 aromatic carbocycles. The molecule has 1 amide bonds. The summed E-state index contributed by atoms with van der Waals surface area (Å²) in [7, 11) is 0. The molecule has 1 aliphatic heterocycles. The Morgan fingerprint density at radius 3 is 2.36 bits per heavy atom. The number of hydrogen-bond donors (Lipinski definition) is 1. The zero-order chi connectivity index (χ0) is 26.8. The summed E-state index contributed by atoms with van der Waals surface area (Å²) < 4.78 is 20.0. The summed E-state index contributed by atoms with van der Waals surface area (Å²) in [4.78, 5) is 14.1. The van der Waals surface area contributed by atoms with E-state index in [-0.39, 0.29) is 23.7 Å². The van der Waals surface area contributed by atoms with Crippen LogP contribution in [0.25, 0.3) is 17.2 Å². The number of nitrogens with one attached hydrogen (secondary N) is 1. The summed E-state index contributed by atoms with van der Waals surface area (Å²) in [6, 6.07) is 31.5. The molecule has 1 N–H and O–H groups in total. The molecule has 5 heteroatoms. The van der Waals surface area contributed by atoms with Gasteiger partial charge in [-0.05, 0) is 87.2 Å². The van der Waals surface area contributed by atoms with Crippen LogP contribution in [-0.2, 0) is 21.7 Å². The molecule has 1 unspecified atom stereocenters. The van der Waals surface area contributed by atoms with E-state index >= 15 is 0 Å². The van der Waals surface area contributed by atoms with Crippen LogP contribution in [0.3, 0.4) is 0 Å². The van der Waals surface area contributed by atoms with Crippen molar-refractivity contribution in [1.82, 2.24) is 5.32 Å². The molecule has 0 radical (unpaired) electrons. The molecule has 0 saturated carbocycles. The highest BCUT2D eigenvalue weighted by Crippen LogP contribution is 2.45. The van der Waals surface area contributed by atoms with Gasteiger partial charge in [0.1, 0.15) is 11.4 Å². The molecule has 1 heterocycles. The first kappa shape index (κ1) is 25.4. The molecule has 39 heavy (non-hydrogen) atoms. The van der Waals surface area contributed by atoms with Gasteiger partial charge in [-0.15, -0.1) is 11.8 Å². The molecule has 1 atom stereocenters. The fourth-order valence-corrected chi connectivity index (χ4v) is 5.54. The molecule has 2 aliphatic rings. The van der Waals surface area contributed by atoms with Gasteiger partial charge >= 0.3 is 0 Å². The maximum absolute atomic E-state index is 14.2. The van der Waals surface area contributed by atoms with Gasteiger partial charge in [0, 0.05) is 11.4 Å². The second-order valence-electron chi connectivity index (χ2n) is 9.86. The van der Waals surface area contributed by atoms with Crippen LogP contribution in [-0.4, -0.2) is 18.8 Å². The number of thioether (sulfide) groups is 1. The van der Waals surface area contributed by atoms with Crippen molar-refractivity contribution in [2.75, 3.05) is 12.9 Å². The number of benzene rings is 4. The smallest absolute Gasteiger partial charge is 0.224 e. The highest BCUT2D eigenvalue weighted by Gasteiger charge is 2.47. The maximum atomic E-state index is 14.2. The Balaban J connectivity index is 1.13. The largest absolute Gasteiger partial charge is 0.359 e. The van der Waals surface area contributed by atoms with Crippen LogP contribution in [0.4, 0.5) is 4.39 Å². The van der Waals surface area contributed by atoms with Gasteiger partial charge in [0.15, 0.2) is 0 Å². The monoisotopic (exact) mass is 533 g/mol. The Kier molecular flexibility index (Phi) is 6.94. The third kappa shape index (κ3) is 5.33. The molecule has 0 aromatic heterocycles. The van der Waals surface area contributed by atoms with Crippen LogP contribution < -0.4 is 5.32 Å². The van der Waals surface area contributed by atoms with Crippen molar-refractivity contribution in [3.63, 3.8) is 0 Å². The van der Waals surface area contributed by atoms with E-state index in [0.717, 1.165) is 44.5 Å². The summed E-state index contributed by atoms with van der Waals surface area (Å²) in [6.07, 6.45) is 6.31. The SMILES string of the molecule is CSc1ccc(/C=C2\C=C(CC(=O)NCc3ccc(C4(c5ccccc5)CO4)cc3)c3cc(F)ccc32)cc1. The predicted molar refractivity (Wildman–Crippen MR) is 157 cm³/mol. The Morgan fingerprint density at radius 1 is 0.949 bits per heavy atom. The van der Waals surface area contributed by atoms with E-state index < -0.39 is 0 Å². The van der Waals surface area contributed by atoms with E-state index in [9.17, 15) is 9.18 Å². The van der Waals surface area contributed by atoms with Gasteiger partial charge in [0.25, 0.3) is 0 Å². The second kappa shape index (κ2) is 10.7. The van der Waals surface area contributed by atoms with Gasteiger partial charge in [0.05, 0.1) is 13.0 Å². The van der Waals surface area contributed by atoms with Crippen molar-refractivity contribution in [1.29, 1.82) is 0 Å². The van der Waals surface area contributed by atoms with Gasteiger partial charge in [-0.2, -0.15) is 0 Å².